The second-order valence-electron chi connectivity index (χ2n) is 8.35. The average molecular weight is 585 g/mol. The molecule has 0 saturated carbocycles. The number of carbonyl (C=O) groups excluding carboxylic acids is 1. The molecule has 184 valence electrons. The van der Waals surface area contributed by atoms with Gasteiger partial charge in [0.1, 0.15) is 22.9 Å². The van der Waals surface area contributed by atoms with Crippen molar-refractivity contribution >= 4 is 53.4 Å². The first-order valence-electron chi connectivity index (χ1n) is 10.2. The Morgan fingerprint density at radius 2 is 2.09 bits per heavy atom. The maximum Gasteiger partial charge on any atom is 0.263 e. The Morgan fingerprint density at radius 1 is 1.37 bits per heavy atom. The molecule has 1 aliphatic rings. The van der Waals surface area contributed by atoms with Gasteiger partial charge in [0.05, 0.1) is 47.0 Å². The summed E-state index contributed by atoms with van der Waals surface area (Å²) in [7, 11) is -3.43. The Morgan fingerprint density at radius 3 is 2.71 bits per heavy atom. The van der Waals surface area contributed by atoms with E-state index in [4.69, 9.17) is 0 Å². The molecule has 1 amide bonds. The molecule has 1 aromatic carbocycles. The van der Waals surface area contributed by atoms with Crippen LogP contribution in [0.4, 0.5) is 8.78 Å². The molecule has 1 N–H and O–H groups in total. The normalized spacial score (nSPS) is 14.9. The molecule has 3 aromatic rings. The second-order valence-corrected chi connectivity index (χ2v) is 12.0. The SMILES string of the molecule is CC1(F)CN(C(=O)Cn2cnc3sc(C#CCNS(C)(=O)=O)c(-c4ccc(F)c(Br)c4)c3c2=O)C1. The second kappa shape index (κ2) is 9.42. The summed E-state index contributed by atoms with van der Waals surface area (Å²) in [4.78, 5) is 32.3. The van der Waals surface area contributed by atoms with Crippen molar-refractivity contribution in [3.8, 4) is 23.0 Å². The number of nitrogens with zero attached hydrogens (tertiary/aromatic N) is 3. The van der Waals surface area contributed by atoms with Crippen LogP contribution in [0.2, 0.25) is 0 Å². The number of halogens is 3. The van der Waals surface area contributed by atoms with Crippen LogP contribution in [0.5, 0.6) is 0 Å². The molecule has 0 unspecified atom stereocenters. The van der Waals surface area contributed by atoms with Crippen LogP contribution >= 0.6 is 27.3 Å². The first-order valence-corrected chi connectivity index (χ1v) is 13.7. The maximum atomic E-state index is 13.9. The van der Waals surface area contributed by atoms with Gasteiger partial charge in [-0.3, -0.25) is 14.2 Å². The van der Waals surface area contributed by atoms with Crippen LogP contribution in [-0.2, 0) is 21.4 Å². The summed E-state index contributed by atoms with van der Waals surface area (Å²) in [5, 5.41) is 0.197. The number of fused-ring (bicyclic) bond motifs is 1. The van der Waals surface area contributed by atoms with E-state index in [-0.39, 0.29) is 36.0 Å². The molecular formula is C22H19BrF2N4O4S2. The lowest BCUT2D eigenvalue weighted by Crippen LogP contribution is -2.60. The van der Waals surface area contributed by atoms with Gasteiger partial charge < -0.3 is 4.90 Å². The monoisotopic (exact) mass is 584 g/mol. The third-order valence-electron chi connectivity index (χ3n) is 5.21. The molecule has 13 heteroatoms. The molecule has 1 saturated heterocycles. The molecule has 0 aliphatic carbocycles. The van der Waals surface area contributed by atoms with Crippen molar-refractivity contribution in [2.75, 3.05) is 25.9 Å². The molecule has 1 aliphatic heterocycles. The summed E-state index contributed by atoms with van der Waals surface area (Å²) in [6.45, 7) is 0.882. The van der Waals surface area contributed by atoms with Gasteiger partial charge in [0.15, 0.2) is 0 Å². The average Bonchev–Trinajstić information content (AvgIpc) is 3.12. The Balaban J connectivity index is 1.78. The highest BCUT2D eigenvalue weighted by molar-refractivity contribution is 9.10. The number of likely N-dealkylation sites (tertiary alicyclic amines) is 1. The van der Waals surface area contributed by atoms with Crippen molar-refractivity contribution < 1.29 is 22.0 Å². The lowest BCUT2D eigenvalue weighted by Gasteiger charge is -2.42. The van der Waals surface area contributed by atoms with Crippen LogP contribution < -0.4 is 10.3 Å². The van der Waals surface area contributed by atoms with Gasteiger partial charge in [-0.2, -0.15) is 0 Å². The molecule has 2 aromatic heterocycles. The molecule has 1 fully saturated rings. The van der Waals surface area contributed by atoms with Gasteiger partial charge >= 0.3 is 0 Å². The Hall–Kier alpha value is -2.66. The zero-order chi connectivity index (χ0) is 25.5. The van der Waals surface area contributed by atoms with Crippen LogP contribution in [0, 0.1) is 17.7 Å². The van der Waals surface area contributed by atoms with Crippen molar-refractivity contribution in [2.24, 2.45) is 0 Å². The van der Waals surface area contributed by atoms with E-state index in [0.29, 0.717) is 20.8 Å². The van der Waals surface area contributed by atoms with Gasteiger partial charge in [-0.25, -0.2) is 26.9 Å². The molecule has 3 heterocycles. The molecule has 35 heavy (non-hydrogen) atoms. The van der Waals surface area contributed by atoms with Crippen LogP contribution in [0.15, 0.2) is 33.8 Å². The van der Waals surface area contributed by atoms with Gasteiger partial charge in [-0.05, 0) is 40.5 Å². The number of carbonyl (C=O) groups is 1. The minimum Gasteiger partial charge on any atom is -0.335 e. The number of hydrogen-bond acceptors (Lipinski definition) is 6. The lowest BCUT2D eigenvalue weighted by atomic mass is 9.99. The zero-order valence-corrected chi connectivity index (χ0v) is 21.8. The van der Waals surface area contributed by atoms with Crippen LogP contribution in [0.1, 0.15) is 11.8 Å². The Labute approximate surface area is 212 Å². The van der Waals surface area contributed by atoms with Crippen LogP contribution in [0.25, 0.3) is 21.3 Å². The number of rotatable bonds is 5. The van der Waals surface area contributed by atoms with E-state index in [9.17, 15) is 26.8 Å². The number of sulfonamides is 1. The predicted octanol–water partition coefficient (Wildman–Crippen LogP) is 2.50. The van der Waals surface area contributed by atoms with Gasteiger partial charge in [-0.1, -0.05) is 17.9 Å². The summed E-state index contributed by atoms with van der Waals surface area (Å²) in [6, 6.07) is 4.23. The van der Waals surface area contributed by atoms with E-state index in [1.807, 2.05) is 0 Å². The minimum atomic E-state index is -3.43. The zero-order valence-electron chi connectivity index (χ0n) is 18.6. The van der Waals surface area contributed by atoms with Crippen molar-refractivity contribution in [1.82, 2.24) is 19.2 Å². The number of benzene rings is 1. The molecule has 8 nitrogen and oxygen atoms in total. The quantitative estimate of drug-likeness (QED) is 0.464. The van der Waals surface area contributed by atoms with Gasteiger partial charge in [0.25, 0.3) is 5.56 Å². The highest BCUT2D eigenvalue weighted by Gasteiger charge is 2.41. The van der Waals surface area contributed by atoms with Gasteiger partial charge in [0, 0.05) is 5.56 Å². The first kappa shape index (κ1) is 25.4. The fraction of sp³-hybridized carbons (Fsp3) is 0.318. The Bertz CT molecular complexity index is 1560. The third kappa shape index (κ3) is 5.61. The van der Waals surface area contributed by atoms with E-state index in [1.165, 1.54) is 36.4 Å². The number of hydrogen-bond donors (Lipinski definition) is 1. The number of amides is 1. The van der Waals surface area contributed by atoms with E-state index < -0.39 is 33.0 Å². The highest BCUT2D eigenvalue weighted by Crippen LogP contribution is 2.37. The standard InChI is InChI=1S/C22H19BrF2N4O4S2/c1-22(25)10-29(11-22)17(30)9-28-12-26-20-19(21(28)31)18(13-5-6-15(24)14(23)8-13)16(34-20)4-3-7-27-35(2,32)33/h5-6,8,12,27H,7,9-11H2,1-2H3. The largest absolute Gasteiger partial charge is 0.335 e. The van der Waals surface area contributed by atoms with Gasteiger partial charge in [0.2, 0.25) is 15.9 Å². The van der Waals surface area contributed by atoms with Crippen LogP contribution in [0.3, 0.4) is 0 Å². The molecule has 0 atom stereocenters. The highest BCUT2D eigenvalue weighted by atomic mass is 79.9. The van der Waals surface area contributed by atoms with E-state index in [0.717, 1.165) is 22.2 Å². The van der Waals surface area contributed by atoms with Gasteiger partial charge in [-0.15, -0.1) is 11.3 Å². The first-order chi connectivity index (χ1) is 16.3. The fourth-order valence-corrected chi connectivity index (χ4v) is 5.36. The van der Waals surface area contributed by atoms with Crippen molar-refractivity contribution in [3.05, 3.63) is 50.0 Å². The van der Waals surface area contributed by atoms with Crippen molar-refractivity contribution in [1.29, 1.82) is 0 Å². The Kier molecular flexibility index (Phi) is 6.85. The number of thiophene rings is 1. The summed E-state index contributed by atoms with van der Waals surface area (Å²) in [6.07, 6.45) is 2.26. The van der Waals surface area contributed by atoms with Crippen LogP contribution in [-0.4, -0.2) is 60.3 Å². The number of alkyl halides is 1. The summed E-state index contributed by atoms with van der Waals surface area (Å²) in [5.74, 6) is 4.68. The van der Waals surface area contributed by atoms with Crippen molar-refractivity contribution in [3.63, 3.8) is 0 Å². The third-order valence-corrected chi connectivity index (χ3v) is 7.50. The lowest BCUT2D eigenvalue weighted by molar-refractivity contribution is -0.144. The summed E-state index contributed by atoms with van der Waals surface area (Å²) >= 11 is 4.27. The molecule has 0 bridgehead atoms. The molecular weight excluding hydrogens is 566 g/mol. The summed E-state index contributed by atoms with van der Waals surface area (Å²) in [5.41, 5.74) is -1.04. The molecule has 0 radical (unpaired) electrons. The summed E-state index contributed by atoms with van der Waals surface area (Å²) < 4.78 is 53.9. The number of nitrogens with one attached hydrogen (secondary N) is 1. The van der Waals surface area contributed by atoms with E-state index >= 15 is 0 Å². The smallest absolute Gasteiger partial charge is 0.263 e. The van der Waals surface area contributed by atoms with E-state index in [2.05, 4.69) is 37.5 Å². The predicted molar refractivity (Wildman–Crippen MR) is 133 cm³/mol. The fourth-order valence-electron chi connectivity index (χ4n) is 3.62. The van der Waals surface area contributed by atoms with E-state index in [1.54, 1.807) is 0 Å². The maximum absolute atomic E-state index is 13.9. The topological polar surface area (TPSA) is 101 Å². The van der Waals surface area contributed by atoms with Crippen molar-refractivity contribution in [2.45, 2.75) is 19.1 Å². The molecule has 4 rings (SSSR count). The minimum absolute atomic E-state index is 0.0369. The number of aromatic nitrogens is 2. The molecule has 0 spiro atoms.